The molecule has 0 bridgehead atoms. The van der Waals surface area contributed by atoms with Crippen molar-refractivity contribution >= 4 is 56.4 Å². The molecule has 20 heteroatoms. The number of pyridine rings is 1. The molecule has 6 aromatic rings. The number of phenolic OH excluding ortho intramolecular Hbond substituents is 1. The molecule has 7 aliphatic rings. The predicted octanol–water partition coefficient (Wildman–Crippen LogP) is 7.62. The number of hydrogen-bond acceptors (Lipinski definition) is 14. The van der Waals surface area contributed by atoms with E-state index in [1.165, 1.54) is 34.5 Å². The molecule has 13 rings (SSSR count). The lowest BCUT2D eigenvalue weighted by Crippen LogP contribution is -2.56. The molecule has 3 amide bonds. The number of carbonyl (C=O) groups is 3. The maximum Gasteiger partial charge on any atom is 0.409 e. The van der Waals surface area contributed by atoms with Gasteiger partial charge in [0, 0.05) is 63.5 Å². The van der Waals surface area contributed by atoms with Gasteiger partial charge in [0.25, 0.3) is 0 Å². The number of phenols is 1. The molecule has 1 spiro atoms. The predicted molar refractivity (Wildman–Crippen MR) is 296 cm³/mol. The Hall–Kier alpha value is -6.77. The summed E-state index contributed by atoms with van der Waals surface area (Å²) >= 11 is 0. The van der Waals surface area contributed by atoms with Crippen LogP contribution in [0.2, 0.25) is 0 Å². The van der Waals surface area contributed by atoms with Gasteiger partial charge in [-0.3, -0.25) is 33.9 Å². The van der Waals surface area contributed by atoms with Gasteiger partial charge in [0.05, 0.1) is 28.1 Å². The molecular weight excluding hydrogens is 1030 g/mol. The van der Waals surface area contributed by atoms with E-state index in [0.29, 0.717) is 96.9 Å². The summed E-state index contributed by atoms with van der Waals surface area (Å²) in [4.78, 5) is 74.7. The van der Waals surface area contributed by atoms with Crippen molar-refractivity contribution in [3.63, 3.8) is 0 Å². The maximum absolute atomic E-state index is 17.2. The van der Waals surface area contributed by atoms with Crippen LogP contribution in [0.1, 0.15) is 120 Å². The number of carbonyl (C=O) groups excluding carboxylic acids is 3. The summed E-state index contributed by atoms with van der Waals surface area (Å²) in [5.74, 6) is -1.17. The second-order valence-electron chi connectivity index (χ2n) is 24.1. The Labute approximate surface area is 462 Å². The number of imidazole rings is 1. The van der Waals surface area contributed by atoms with Crippen molar-refractivity contribution in [3.05, 3.63) is 81.9 Å². The highest BCUT2D eigenvalue weighted by Gasteiger charge is 2.52. The number of imide groups is 1. The minimum Gasteiger partial charge on any atom is -0.508 e. The fourth-order valence-corrected chi connectivity index (χ4v) is 15.1. The number of aromatic nitrogens is 5. The van der Waals surface area contributed by atoms with Gasteiger partial charge in [0.2, 0.25) is 11.8 Å². The van der Waals surface area contributed by atoms with Crippen molar-refractivity contribution in [1.82, 2.24) is 44.1 Å². The summed E-state index contributed by atoms with van der Waals surface area (Å²) in [6, 6.07) is 11.9. The zero-order chi connectivity index (χ0) is 55.2. The molecule has 1 unspecified atom stereocenters. The second kappa shape index (κ2) is 20.6. The molecule has 1 aliphatic carbocycles. The van der Waals surface area contributed by atoms with E-state index in [1.807, 2.05) is 22.8 Å². The zero-order valence-electron chi connectivity index (χ0n) is 45.6. The maximum atomic E-state index is 17.2. The van der Waals surface area contributed by atoms with E-state index in [9.17, 15) is 29.4 Å². The van der Waals surface area contributed by atoms with Crippen LogP contribution in [0.25, 0.3) is 44.0 Å². The van der Waals surface area contributed by atoms with Gasteiger partial charge < -0.3 is 34.4 Å². The van der Waals surface area contributed by atoms with E-state index in [-0.39, 0.29) is 82.9 Å². The minimum absolute atomic E-state index is 0.00674. The van der Waals surface area contributed by atoms with Crippen LogP contribution in [-0.4, -0.2) is 150 Å². The largest absolute Gasteiger partial charge is 0.508 e. The van der Waals surface area contributed by atoms with E-state index in [1.54, 1.807) is 17.7 Å². The first-order valence-electron chi connectivity index (χ1n) is 29.0. The van der Waals surface area contributed by atoms with Gasteiger partial charge >= 0.3 is 17.8 Å². The quantitative estimate of drug-likeness (QED) is 0.107. The van der Waals surface area contributed by atoms with Crippen LogP contribution in [0.5, 0.6) is 11.8 Å². The minimum atomic E-state index is -0.740. The molecule has 3 aromatic carbocycles. The first kappa shape index (κ1) is 52.6. The molecule has 422 valence electrons. The Morgan fingerprint density at radius 1 is 0.875 bits per heavy atom. The Bertz CT molecular complexity index is 3500. The molecule has 9 heterocycles. The van der Waals surface area contributed by atoms with Crippen molar-refractivity contribution in [2.75, 3.05) is 63.9 Å². The molecule has 3 aromatic heterocycles. The Kier molecular flexibility index (Phi) is 13.6. The topological polar surface area (TPSA) is 201 Å². The summed E-state index contributed by atoms with van der Waals surface area (Å²) < 4.78 is 48.2. The number of benzene rings is 3. The van der Waals surface area contributed by atoms with E-state index in [0.717, 1.165) is 89.4 Å². The molecule has 18 nitrogen and oxygen atoms in total. The highest BCUT2D eigenvalue weighted by atomic mass is 19.1. The van der Waals surface area contributed by atoms with Crippen LogP contribution >= 0.6 is 0 Å². The monoisotopic (exact) mass is 1100 g/mol. The van der Waals surface area contributed by atoms with Crippen molar-refractivity contribution in [2.45, 2.75) is 139 Å². The summed E-state index contributed by atoms with van der Waals surface area (Å²) in [7, 11) is 1.74. The van der Waals surface area contributed by atoms with Gasteiger partial charge in [-0.05, 0) is 173 Å². The standard InChI is InChI=1S/C60H70F2N10O8/c1-3-42-45(61)7-5-37-27-41(74)29-43(50(37)42)52-51(62)53-44(32-63-52)54(69-23-14-40(73)15-24-69)66-56(65-53)80-34-60-16-4-20-71(60)38(11-17-60)33-79-58(78)70-25-18-59(19-26-70)30-39(31-59)68-21-12-35(13-22-68)36-6-8-46-48(28-36)67(2)57(77)72(46)47-9-10-49(75)64-55(47)76/h5-8,27-29,32,35,38-40,47,73-74H,3-4,9-26,30-31,33-34H2,1-2H3,(H,64,75,76)/t38-,47?,60-/m0/s1. The number of aryl methyl sites for hydroxylation is 2. The summed E-state index contributed by atoms with van der Waals surface area (Å²) in [5, 5.41) is 24.9. The number of aliphatic hydroxyl groups excluding tert-OH is 1. The average molecular weight is 1100 g/mol. The lowest BCUT2D eigenvalue weighted by Gasteiger charge is -2.56. The Morgan fingerprint density at radius 3 is 2.42 bits per heavy atom. The number of nitrogens with zero attached hydrogens (tertiary/aromatic N) is 9. The third-order valence-electron chi connectivity index (χ3n) is 19.6. The van der Waals surface area contributed by atoms with Gasteiger partial charge in [-0.2, -0.15) is 9.97 Å². The number of anilines is 1. The summed E-state index contributed by atoms with van der Waals surface area (Å²) in [5.41, 5.74) is 2.94. The van der Waals surface area contributed by atoms with Crippen molar-refractivity contribution in [3.8, 4) is 23.0 Å². The van der Waals surface area contributed by atoms with E-state index < -0.39 is 29.7 Å². The zero-order valence-corrected chi connectivity index (χ0v) is 45.6. The lowest BCUT2D eigenvalue weighted by molar-refractivity contribution is -0.135. The number of hydrogen-bond donors (Lipinski definition) is 3. The van der Waals surface area contributed by atoms with Gasteiger partial charge in [-0.25, -0.2) is 18.4 Å². The second-order valence-corrected chi connectivity index (χ2v) is 24.1. The van der Waals surface area contributed by atoms with Crippen LogP contribution in [0.15, 0.2) is 53.5 Å². The summed E-state index contributed by atoms with van der Waals surface area (Å²) in [6.45, 7) is 7.58. The average Bonchev–Trinajstić information content (AvgIpc) is 4.12. The van der Waals surface area contributed by atoms with Crippen LogP contribution < -0.4 is 20.6 Å². The van der Waals surface area contributed by atoms with Crippen molar-refractivity contribution in [2.24, 2.45) is 12.5 Å². The van der Waals surface area contributed by atoms with E-state index in [4.69, 9.17) is 19.4 Å². The normalized spacial score (nSPS) is 24.3. The highest BCUT2D eigenvalue weighted by Crippen LogP contribution is 2.52. The fourth-order valence-electron chi connectivity index (χ4n) is 15.1. The van der Waals surface area contributed by atoms with Crippen LogP contribution in [0.4, 0.5) is 19.4 Å². The van der Waals surface area contributed by atoms with Crippen molar-refractivity contribution < 1.29 is 42.9 Å². The number of rotatable bonds is 11. The number of nitrogens with one attached hydrogen (secondary N) is 1. The first-order valence-corrected chi connectivity index (χ1v) is 29.0. The van der Waals surface area contributed by atoms with Crippen molar-refractivity contribution in [1.29, 1.82) is 0 Å². The molecular formula is C60H70F2N10O8. The molecule has 0 radical (unpaired) electrons. The van der Waals surface area contributed by atoms with E-state index in [2.05, 4.69) is 32.2 Å². The molecule has 3 atom stereocenters. The number of piperidine rings is 4. The number of aromatic hydroxyl groups is 1. The Balaban J connectivity index is 0.618. The number of fused-ring (bicyclic) bond motifs is 4. The third-order valence-corrected chi connectivity index (χ3v) is 19.6. The van der Waals surface area contributed by atoms with Crippen LogP contribution in [-0.2, 0) is 27.8 Å². The fraction of sp³-hybridized carbons (Fsp3) is 0.550. The number of amides is 3. The Morgan fingerprint density at radius 2 is 1.66 bits per heavy atom. The van der Waals surface area contributed by atoms with Crippen LogP contribution in [0, 0.1) is 17.0 Å². The molecule has 3 N–H and O–H groups in total. The number of halogens is 2. The molecule has 7 fully saturated rings. The van der Waals surface area contributed by atoms with Gasteiger partial charge in [0.15, 0.2) is 5.82 Å². The van der Waals surface area contributed by atoms with Crippen LogP contribution in [0.3, 0.4) is 0 Å². The highest BCUT2D eigenvalue weighted by molar-refractivity contribution is 6.02. The van der Waals surface area contributed by atoms with E-state index >= 15 is 8.78 Å². The number of likely N-dealkylation sites (tertiary alicyclic amines) is 2. The smallest absolute Gasteiger partial charge is 0.409 e. The molecule has 6 aliphatic heterocycles. The lowest BCUT2D eigenvalue weighted by atomic mass is 9.59. The van der Waals surface area contributed by atoms with Gasteiger partial charge in [-0.15, -0.1) is 0 Å². The SMILES string of the molecule is CCc1c(F)ccc2cc(O)cc(-c3ncc4c(N5CCC(O)CC5)nc(OC[C@@]56CCCN5[C@H](COC(=O)N5CCC7(CC5)CC(N5CCC(c8ccc9c(c8)n(C)c(=O)n9C8CCC(=O)NC8=O)CC5)C7)CC6)nc4c3F)c12. The first-order chi connectivity index (χ1) is 38.7. The number of ether oxygens (including phenoxy) is 2. The van der Waals surface area contributed by atoms with Gasteiger partial charge in [-0.1, -0.05) is 19.1 Å². The van der Waals surface area contributed by atoms with Gasteiger partial charge in [0.1, 0.15) is 47.9 Å². The third kappa shape index (κ3) is 9.22. The number of aliphatic hydroxyl groups is 1. The molecule has 1 saturated carbocycles. The summed E-state index contributed by atoms with van der Waals surface area (Å²) in [6.07, 6.45) is 12.5. The molecule has 80 heavy (non-hydrogen) atoms. The molecule has 6 saturated heterocycles.